The van der Waals surface area contributed by atoms with Gasteiger partial charge in [0.2, 0.25) is 17.7 Å². The molecule has 31 heteroatoms. The van der Waals surface area contributed by atoms with Crippen LogP contribution in [0.2, 0.25) is 0 Å². The number of carbonyl (C=O) groups excluding carboxylic acids is 8. The number of nitrogens with two attached hydrogens (primary N) is 1. The van der Waals surface area contributed by atoms with Crippen LogP contribution in [0.15, 0.2) is 91.3 Å². The topological polar surface area (TPSA) is 399 Å². The Kier molecular flexibility index (Phi) is 22.5. The molecular formula is C72H88N14O15S2. The van der Waals surface area contributed by atoms with Crippen LogP contribution in [-0.2, 0) is 69.7 Å². The van der Waals surface area contributed by atoms with Crippen LogP contribution in [0.4, 0.5) is 26.2 Å². The van der Waals surface area contributed by atoms with Gasteiger partial charge in [0, 0.05) is 98.7 Å². The lowest BCUT2D eigenvalue weighted by Gasteiger charge is -2.69. The third-order valence-corrected chi connectivity index (χ3v) is 21.7. The molecule has 4 saturated carbocycles. The molecule has 2 aliphatic heterocycles. The standard InChI is InChI=1S/C72H88N14O15S2/c1-44(2)59(80-56(87)16-7-6-8-28-85-57(88)23-24-58(85)89)64(92)78-53(14-10-27-75-66(73)95)63(91)77-48-19-17-46(18-20-48)36-100-68(96)83(31-33-103(97,98)99)30-32-101-72-40-69(4)37-70(5,41-72)39-71(38-69,42-72)43-86-45(3)51(34-76-86)49-21-22-55(79-60(49)65(93)94)84-29-25-47-12-9-13-50(52(47)35-84)62(90)82-67-81-61-54(102-67)15-11-26-74-61/h9,11-13,15,17-24,26,34,44,53,59H,6-8,10,14,16,25,27-33,35-43H2,1-5H3,(H,77,91)(H,78,92)(H,80,87)(H,93,94)(H3,73,75,95)(H,97,98,99)(H,74,81,82,90)/t53-,59-,69?,70?,71?,72?/m0/s1. The number of fused-ring (bicyclic) bond motifs is 2. The van der Waals surface area contributed by atoms with Gasteiger partial charge in [-0.05, 0) is 159 Å². The summed E-state index contributed by atoms with van der Waals surface area (Å²) in [6.45, 7) is 11.0. The van der Waals surface area contributed by atoms with Crippen molar-refractivity contribution in [2.75, 3.05) is 60.6 Å². The second-order valence-corrected chi connectivity index (χ2v) is 31.7. The molecule has 4 fully saturated rings. The minimum Gasteiger partial charge on any atom is -0.476 e. The highest BCUT2D eigenvalue weighted by Gasteiger charge is 2.66. The summed E-state index contributed by atoms with van der Waals surface area (Å²) in [4.78, 5) is 135. The van der Waals surface area contributed by atoms with Crippen molar-refractivity contribution in [1.82, 2.24) is 50.5 Å². The lowest BCUT2D eigenvalue weighted by atomic mass is 9.39. The number of thiazole rings is 1. The molecule has 6 heterocycles. The zero-order valence-electron chi connectivity index (χ0n) is 58.3. The number of carboxylic acids is 1. The van der Waals surface area contributed by atoms with E-state index in [4.69, 9.17) is 25.3 Å². The minimum absolute atomic E-state index is 0.0250. The van der Waals surface area contributed by atoms with Crippen molar-refractivity contribution in [3.05, 3.63) is 125 Å². The average molecular weight is 1450 g/mol. The van der Waals surface area contributed by atoms with Gasteiger partial charge in [-0.15, -0.1) is 0 Å². The molecule has 0 saturated heterocycles. The van der Waals surface area contributed by atoms with Crippen LogP contribution in [0.3, 0.4) is 0 Å². The van der Waals surface area contributed by atoms with Gasteiger partial charge in [0.25, 0.3) is 27.8 Å². The highest BCUT2D eigenvalue weighted by atomic mass is 32.2. The lowest BCUT2D eigenvalue weighted by Crippen LogP contribution is -2.64. The van der Waals surface area contributed by atoms with Gasteiger partial charge in [-0.3, -0.25) is 48.2 Å². The maximum Gasteiger partial charge on any atom is 0.410 e. The third kappa shape index (κ3) is 18.2. The Labute approximate surface area is 600 Å². The lowest BCUT2D eigenvalue weighted by molar-refractivity contribution is -0.248. The zero-order chi connectivity index (χ0) is 73.6. The number of primary amides is 1. The number of aromatic carboxylic acids is 1. The zero-order valence-corrected chi connectivity index (χ0v) is 60.0. The third-order valence-electron chi connectivity index (χ3n) is 20.1. The summed E-state index contributed by atoms with van der Waals surface area (Å²) in [6, 6.07) is 16.3. The number of ether oxygens (including phenoxy) is 2. The monoisotopic (exact) mass is 1450 g/mol. The molecule has 4 aromatic heterocycles. The maximum atomic E-state index is 13.9. The number of anilines is 3. The van der Waals surface area contributed by atoms with Gasteiger partial charge in [-0.2, -0.15) is 18.5 Å². The Balaban J connectivity index is 0.698. The number of nitrogens with one attached hydrogen (secondary N) is 5. The van der Waals surface area contributed by atoms with E-state index in [0.717, 1.165) is 58.5 Å². The molecule has 4 bridgehead atoms. The number of urea groups is 1. The van der Waals surface area contributed by atoms with E-state index in [-0.39, 0.29) is 97.7 Å². The Bertz CT molecular complexity index is 4340. The van der Waals surface area contributed by atoms with Crippen molar-refractivity contribution in [3.63, 3.8) is 0 Å². The normalized spacial score (nSPS) is 20.9. The largest absolute Gasteiger partial charge is 0.476 e. The predicted molar refractivity (Wildman–Crippen MR) is 382 cm³/mol. The number of hydrogen-bond donors (Lipinski definition) is 8. The number of unbranched alkanes of at least 4 members (excludes halogenated alkanes) is 2. The Hall–Kier alpha value is -9.72. The molecule has 9 N–H and O–H groups in total. The van der Waals surface area contributed by atoms with Crippen molar-refractivity contribution < 1.29 is 70.7 Å². The molecule has 12 rings (SSSR count). The average Bonchev–Trinajstić information content (AvgIpc) is 0.895. The first-order valence-electron chi connectivity index (χ1n) is 34.7. The van der Waals surface area contributed by atoms with Gasteiger partial charge in [0.1, 0.15) is 24.5 Å². The summed E-state index contributed by atoms with van der Waals surface area (Å²) in [6.07, 6.45) is 12.3. The number of amides is 9. The summed E-state index contributed by atoms with van der Waals surface area (Å²) in [5.41, 5.74) is 9.48. The first-order chi connectivity index (χ1) is 49.0. The van der Waals surface area contributed by atoms with Gasteiger partial charge in [-0.1, -0.05) is 69.7 Å². The number of carbonyl (C=O) groups is 9. The van der Waals surface area contributed by atoms with Crippen LogP contribution < -0.4 is 37.2 Å². The van der Waals surface area contributed by atoms with Crippen molar-refractivity contribution in [2.45, 2.75) is 155 Å². The fourth-order valence-corrected chi connectivity index (χ4v) is 17.8. The Morgan fingerprint density at radius 1 is 0.825 bits per heavy atom. The van der Waals surface area contributed by atoms with Crippen LogP contribution in [0.1, 0.15) is 148 Å². The van der Waals surface area contributed by atoms with Crippen molar-refractivity contribution in [1.29, 1.82) is 0 Å². The molecule has 6 aliphatic rings. The van der Waals surface area contributed by atoms with E-state index in [9.17, 15) is 61.2 Å². The van der Waals surface area contributed by atoms with E-state index in [1.54, 1.807) is 62.6 Å². The van der Waals surface area contributed by atoms with Crippen molar-refractivity contribution >= 4 is 102 Å². The van der Waals surface area contributed by atoms with E-state index in [1.165, 1.54) is 28.4 Å². The SMILES string of the molecule is Cc1c(-c2ccc(N3CCc4cccc(C(=O)Nc5nc6ncccc6s5)c4C3)nc2C(=O)O)cnn1CC12CC3(C)CC(C)(C1)CC(OCCN(CCS(=O)(=O)O)C(=O)OCc1ccc(NC(=O)[C@H](CCCNC(N)=O)NC(=O)[C@@H](NC(=O)CCCCCN4C(=O)C=CC4=O)C(C)C)cc1)(C3)C2. The predicted octanol–water partition coefficient (Wildman–Crippen LogP) is 7.93. The van der Waals surface area contributed by atoms with Crippen molar-refractivity contribution in [3.8, 4) is 11.1 Å². The van der Waals surface area contributed by atoms with Gasteiger partial charge >= 0.3 is 18.1 Å². The van der Waals surface area contributed by atoms with Crippen LogP contribution in [0.25, 0.3) is 21.5 Å². The highest BCUT2D eigenvalue weighted by Crippen LogP contribution is 2.72. The first kappa shape index (κ1) is 74.5. The van der Waals surface area contributed by atoms with Crippen LogP contribution >= 0.6 is 11.3 Å². The molecule has 0 radical (unpaired) electrons. The Morgan fingerprint density at radius 2 is 1.57 bits per heavy atom. The van der Waals surface area contributed by atoms with E-state index < -0.39 is 75.9 Å². The number of imide groups is 1. The Morgan fingerprint density at radius 3 is 2.27 bits per heavy atom. The molecule has 4 aliphatic carbocycles. The summed E-state index contributed by atoms with van der Waals surface area (Å²) >= 11 is 1.34. The summed E-state index contributed by atoms with van der Waals surface area (Å²) < 4.78 is 49.6. The molecular weight excluding hydrogens is 1370 g/mol. The maximum absolute atomic E-state index is 13.9. The molecule has 0 spiro atoms. The molecule has 103 heavy (non-hydrogen) atoms. The molecule has 2 aromatic carbocycles. The van der Waals surface area contributed by atoms with Gasteiger partial charge in [0.15, 0.2) is 16.5 Å². The van der Waals surface area contributed by atoms with E-state index in [1.807, 2.05) is 46.8 Å². The van der Waals surface area contributed by atoms with Gasteiger partial charge in [-0.25, -0.2) is 24.4 Å². The van der Waals surface area contributed by atoms with Gasteiger partial charge in [0.05, 0.1) is 28.9 Å². The van der Waals surface area contributed by atoms with Crippen LogP contribution in [0, 0.1) is 29.1 Å². The number of benzene rings is 2. The van der Waals surface area contributed by atoms with E-state index >= 15 is 0 Å². The number of hydrogen-bond acceptors (Lipinski definition) is 19. The summed E-state index contributed by atoms with van der Waals surface area (Å²) in [5, 5.41) is 29.8. The molecule has 6 aromatic rings. The number of carboxylic acid groups (broad SMARTS) is 1. The number of nitrogens with zero attached hydrogens (tertiary/aromatic N) is 8. The smallest absolute Gasteiger partial charge is 0.410 e. The number of rotatable bonds is 32. The first-order valence-corrected chi connectivity index (χ1v) is 37.1. The molecule has 548 valence electrons. The minimum atomic E-state index is -4.51. The molecule has 2 unspecified atom stereocenters. The summed E-state index contributed by atoms with van der Waals surface area (Å²) in [5.74, 6) is -4.57. The van der Waals surface area contributed by atoms with Crippen LogP contribution in [0.5, 0.6) is 0 Å². The quantitative estimate of drug-likeness (QED) is 0.0113. The fraction of sp³-hybridized carbons (Fsp3) is 0.486. The van der Waals surface area contributed by atoms with Crippen molar-refractivity contribution in [2.24, 2.45) is 27.9 Å². The van der Waals surface area contributed by atoms with E-state index in [2.05, 4.69) is 50.4 Å². The van der Waals surface area contributed by atoms with Crippen LogP contribution in [-0.4, -0.2) is 169 Å². The highest BCUT2D eigenvalue weighted by molar-refractivity contribution is 7.85. The number of aromatic nitrogens is 5. The van der Waals surface area contributed by atoms with Gasteiger partial charge < -0.3 is 51.4 Å². The molecule has 4 atom stereocenters. The molecule has 9 amide bonds. The summed E-state index contributed by atoms with van der Waals surface area (Å²) in [7, 11) is -4.51. The number of pyridine rings is 2. The van der Waals surface area contributed by atoms with E-state index in [0.29, 0.717) is 96.3 Å². The molecule has 29 nitrogen and oxygen atoms in total. The second-order valence-electron chi connectivity index (χ2n) is 29.1. The fourth-order valence-electron chi connectivity index (χ4n) is 16.6. The second kappa shape index (κ2) is 31.1.